The van der Waals surface area contributed by atoms with E-state index in [1.54, 1.807) is 0 Å². The Labute approximate surface area is 252 Å². The molecule has 9 rings (SSSR count). The number of thiophene rings is 1. The van der Waals surface area contributed by atoms with E-state index in [0.717, 1.165) is 11.1 Å². The van der Waals surface area contributed by atoms with Crippen LogP contribution in [0.1, 0.15) is 0 Å². The van der Waals surface area contributed by atoms with E-state index in [1.807, 2.05) is 36.1 Å². The Morgan fingerprint density at radius 2 is 0.814 bits per heavy atom. The molecule has 0 radical (unpaired) electrons. The molecule has 2 nitrogen and oxygen atoms in total. The number of benzene rings is 6. The molecule has 0 aliphatic heterocycles. The number of hydrogen-bond acceptors (Lipinski definition) is 3. The molecule has 200 valence electrons. The molecule has 6 aromatic carbocycles. The number of aromatic nitrogens is 2. The van der Waals surface area contributed by atoms with E-state index in [2.05, 4.69) is 131 Å². The van der Waals surface area contributed by atoms with Crippen molar-refractivity contribution in [2.24, 2.45) is 0 Å². The zero-order valence-electron chi connectivity index (χ0n) is 23.2. The van der Waals surface area contributed by atoms with Crippen molar-refractivity contribution in [2.75, 3.05) is 0 Å². The summed E-state index contributed by atoms with van der Waals surface area (Å²) in [5.74, 6) is 0. The van der Waals surface area contributed by atoms with Crippen LogP contribution in [0.5, 0.6) is 0 Å². The second-order valence-electron chi connectivity index (χ2n) is 11.0. The third-order valence-electron chi connectivity index (χ3n) is 8.64. The minimum Gasteiger partial charge on any atom is -0.265 e. The van der Waals surface area contributed by atoms with Crippen LogP contribution in [0.25, 0.3) is 85.9 Å². The Kier molecular flexibility index (Phi) is 5.40. The van der Waals surface area contributed by atoms with Gasteiger partial charge >= 0.3 is 0 Å². The number of hydrogen-bond donors (Lipinski definition) is 0. The van der Waals surface area contributed by atoms with Crippen molar-refractivity contribution in [3.63, 3.8) is 0 Å². The zero-order valence-corrected chi connectivity index (χ0v) is 24.0. The Morgan fingerprint density at radius 1 is 0.349 bits per heavy atom. The van der Waals surface area contributed by atoms with E-state index in [0.29, 0.717) is 0 Å². The lowest BCUT2D eigenvalue weighted by atomic mass is 9.92. The summed E-state index contributed by atoms with van der Waals surface area (Å²) >= 11 is 1.92. The molecular formula is C40H24N2S. The van der Waals surface area contributed by atoms with Crippen LogP contribution in [0, 0.1) is 0 Å². The highest BCUT2D eigenvalue weighted by molar-refractivity contribution is 7.27. The highest BCUT2D eigenvalue weighted by Gasteiger charge is 2.17. The number of nitrogens with zero attached hydrogens (tertiary/aromatic N) is 2. The van der Waals surface area contributed by atoms with Gasteiger partial charge in [0.2, 0.25) is 0 Å². The zero-order chi connectivity index (χ0) is 28.3. The van der Waals surface area contributed by atoms with E-state index in [9.17, 15) is 0 Å². The normalized spacial score (nSPS) is 11.7. The van der Waals surface area contributed by atoms with Crippen LogP contribution in [0.3, 0.4) is 0 Å². The Balaban J connectivity index is 1.37. The van der Waals surface area contributed by atoms with E-state index < -0.39 is 0 Å². The molecule has 0 amide bonds. The minimum atomic E-state index is 1.15. The monoisotopic (exact) mass is 564 g/mol. The van der Waals surface area contributed by atoms with Crippen molar-refractivity contribution in [3.8, 4) is 33.4 Å². The summed E-state index contributed by atoms with van der Waals surface area (Å²) in [6.45, 7) is 0. The Hall–Kier alpha value is -5.38. The van der Waals surface area contributed by atoms with Gasteiger partial charge in [-0.25, -0.2) is 0 Å². The van der Waals surface area contributed by atoms with Gasteiger partial charge in [0, 0.05) is 50.3 Å². The van der Waals surface area contributed by atoms with E-state index in [4.69, 9.17) is 0 Å². The molecule has 3 heterocycles. The highest BCUT2D eigenvalue weighted by Crippen LogP contribution is 2.47. The predicted molar refractivity (Wildman–Crippen MR) is 184 cm³/mol. The third-order valence-corrected chi connectivity index (χ3v) is 9.91. The van der Waals surface area contributed by atoms with Gasteiger partial charge in [-0.3, -0.25) is 9.97 Å². The lowest BCUT2D eigenvalue weighted by Gasteiger charge is -2.12. The van der Waals surface area contributed by atoms with Crippen molar-refractivity contribution >= 4 is 63.8 Å². The van der Waals surface area contributed by atoms with Crippen molar-refractivity contribution < 1.29 is 0 Å². The molecule has 0 saturated heterocycles. The smallest absolute Gasteiger partial charge is 0.0440 e. The lowest BCUT2D eigenvalue weighted by molar-refractivity contribution is 1.33. The van der Waals surface area contributed by atoms with Gasteiger partial charge in [-0.1, -0.05) is 78.9 Å². The summed E-state index contributed by atoms with van der Waals surface area (Å²) in [6, 6.07) is 44.3. The second-order valence-corrected chi connectivity index (χ2v) is 12.0. The number of fused-ring (bicyclic) bond motifs is 10. The molecule has 43 heavy (non-hydrogen) atoms. The largest absolute Gasteiger partial charge is 0.265 e. The summed E-state index contributed by atoms with van der Waals surface area (Å²) in [5.41, 5.74) is 7.11. The molecule has 3 aromatic heterocycles. The number of pyridine rings is 2. The van der Waals surface area contributed by atoms with Crippen molar-refractivity contribution in [1.29, 1.82) is 0 Å². The summed E-state index contributed by atoms with van der Waals surface area (Å²) in [4.78, 5) is 8.51. The standard InChI is InChI=1S/C40H24N2S/c1-2-8-33-31(6-1)32-7-3-4-9-34(32)38-35(33)12-13-37-36-11-5-10-30(39(36)43-40(37)38)29-23-27(25-14-18-41-19-15-25)22-28(24-29)26-16-20-42-21-17-26/h1-24H. The summed E-state index contributed by atoms with van der Waals surface area (Å²) in [5, 5.41) is 10.5. The van der Waals surface area contributed by atoms with E-state index in [1.165, 1.54) is 74.7 Å². The molecule has 0 atom stereocenters. The van der Waals surface area contributed by atoms with Crippen LogP contribution in [0.4, 0.5) is 0 Å². The molecular weight excluding hydrogens is 541 g/mol. The lowest BCUT2D eigenvalue weighted by Crippen LogP contribution is -1.87. The van der Waals surface area contributed by atoms with Crippen molar-refractivity contribution in [1.82, 2.24) is 9.97 Å². The van der Waals surface area contributed by atoms with Crippen LogP contribution in [-0.2, 0) is 0 Å². The minimum absolute atomic E-state index is 1.15. The van der Waals surface area contributed by atoms with Crippen LogP contribution in [-0.4, -0.2) is 9.97 Å². The maximum atomic E-state index is 4.26. The fraction of sp³-hybridized carbons (Fsp3) is 0. The van der Waals surface area contributed by atoms with Gasteiger partial charge in [-0.15, -0.1) is 11.3 Å². The van der Waals surface area contributed by atoms with Gasteiger partial charge < -0.3 is 0 Å². The van der Waals surface area contributed by atoms with Gasteiger partial charge in [-0.2, -0.15) is 0 Å². The molecule has 3 heteroatoms. The van der Waals surface area contributed by atoms with Gasteiger partial charge in [-0.05, 0) is 103 Å². The first kappa shape index (κ1) is 24.2. The van der Waals surface area contributed by atoms with Gasteiger partial charge in [0.1, 0.15) is 0 Å². The SMILES string of the molecule is c1cc(-c2cc(-c3ccncc3)cc(-c3ccncc3)c2)c2sc3c(ccc4c5ccccc5c5ccccc5c43)c2c1. The Bertz CT molecular complexity index is 2400. The number of rotatable bonds is 3. The fourth-order valence-electron chi connectivity index (χ4n) is 6.68. The third kappa shape index (κ3) is 3.79. The average Bonchev–Trinajstić information content (AvgIpc) is 3.48. The first-order chi connectivity index (χ1) is 21.3. The molecule has 0 aliphatic carbocycles. The molecule has 0 N–H and O–H groups in total. The molecule has 0 aliphatic rings. The van der Waals surface area contributed by atoms with Crippen LogP contribution in [0.2, 0.25) is 0 Å². The maximum absolute atomic E-state index is 4.26. The van der Waals surface area contributed by atoms with Crippen LogP contribution < -0.4 is 0 Å². The average molecular weight is 565 g/mol. The van der Waals surface area contributed by atoms with Gasteiger partial charge in [0.15, 0.2) is 0 Å². The van der Waals surface area contributed by atoms with Crippen molar-refractivity contribution in [3.05, 3.63) is 146 Å². The first-order valence-corrected chi connectivity index (χ1v) is 15.3. The van der Waals surface area contributed by atoms with Crippen molar-refractivity contribution in [2.45, 2.75) is 0 Å². The van der Waals surface area contributed by atoms with Crippen LogP contribution in [0.15, 0.2) is 146 Å². The molecule has 0 unspecified atom stereocenters. The molecule has 0 bridgehead atoms. The Morgan fingerprint density at radius 3 is 1.44 bits per heavy atom. The molecule has 0 fully saturated rings. The second kappa shape index (κ2) is 9.59. The van der Waals surface area contributed by atoms with E-state index >= 15 is 0 Å². The first-order valence-electron chi connectivity index (χ1n) is 14.5. The summed E-state index contributed by atoms with van der Waals surface area (Å²) < 4.78 is 2.66. The quantitative estimate of drug-likeness (QED) is 0.199. The fourth-order valence-corrected chi connectivity index (χ4v) is 8.07. The van der Waals surface area contributed by atoms with Gasteiger partial charge in [0.25, 0.3) is 0 Å². The molecule has 0 saturated carbocycles. The topological polar surface area (TPSA) is 25.8 Å². The highest BCUT2D eigenvalue weighted by atomic mass is 32.1. The molecule has 9 aromatic rings. The predicted octanol–water partition coefficient (Wildman–Crippen LogP) is 11.3. The maximum Gasteiger partial charge on any atom is 0.0440 e. The van der Waals surface area contributed by atoms with E-state index in [-0.39, 0.29) is 0 Å². The van der Waals surface area contributed by atoms with Crippen LogP contribution >= 0.6 is 11.3 Å². The van der Waals surface area contributed by atoms with Gasteiger partial charge in [0.05, 0.1) is 0 Å². The summed E-state index contributed by atoms with van der Waals surface area (Å²) in [7, 11) is 0. The molecule has 0 spiro atoms. The summed E-state index contributed by atoms with van der Waals surface area (Å²) in [6.07, 6.45) is 7.44.